The van der Waals surface area contributed by atoms with Gasteiger partial charge in [-0.1, -0.05) is 67.2 Å². The van der Waals surface area contributed by atoms with Gasteiger partial charge in [-0.25, -0.2) is 0 Å². The molecule has 6 heteroatoms. The molecule has 1 aliphatic carbocycles. The van der Waals surface area contributed by atoms with E-state index in [-0.39, 0.29) is 10.1 Å². The first kappa shape index (κ1) is 13.7. The molecule has 0 spiro atoms. The maximum Gasteiger partial charge on any atom is 0.311 e. The Kier molecular flexibility index (Phi) is 4.03. The Morgan fingerprint density at radius 2 is 1.93 bits per heavy atom. The number of ether oxygens (including phenoxy) is 2. The van der Waals surface area contributed by atoms with Crippen LogP contribution in [-0.2, 0) is 9.53 Å². The monoisotopic (exact) mass is 421 g/mol. The van der Waals surface area contributed by atoms with Crippen molar-refractivity contribution in [3.8, 4) is 17.6 Å². The largest absolute Gasteiger partial charge is 0.457 e. The molecule has 3 rings (SSSR count). The fourth-order valence-electron chi connectivity index (χ4n) is 2.83. The second-order valence-electron chi connectivity index (χ2n) is 6.26. The molecule has 3 atom stereocenters. The first-order chi connectivity index (χ1) is 15.8. The highest BCUT2D eigenvalue weighted by Gasteiger charge is 2.62. The van der Waals surface area contributed by atoms with Crippen molar-refractivity contribution >= 4 is 29.2 Å². The summed E-state index contributed by atoms with van der Waals surface area (Å²) in [6, 6.07) is 17.0. The maximum atomic E-state index is 13.0. The molecule has 0 heterocycles. The Bertz CT molecular complexity index is 1110. The number of hydrogen-bond donors (Lipinski definition) is 0. The van der Waals surface area contributed by atoms with Gasteiger partial charge < -0.3 is 9.47 Å². The lowest BCUT2D eigenvalue weighted by molar-refractivity contribution is -0.149. The number of carbonyl (C=O) groups is 1. The summed E-state index contributed by atoms with van der Waals surface area (Å²) in [7, 11) is 0. The molecule has 1 saturated carbocycles. The number of para-hydroxylation sites is 1. The highest BCUT2D eigenvalue weighted by Crippen LogP contribution is 2.60. The van der Waals surface area contributed by atoms with Crippen molar-refractivity contribution in [2.75, 3.05) is 0 Å². The molecular weight excluding hydrogens is 397 g/mol. The first-order valence-electron chi connectivity index (χ1n) is 11.3. The number of benzene rings is 2. The molecule has 0 radical (unpaired) electrons. The number of nitrogens with zero attached hydrogens (tertiary/aromatic N) is 1. The van der Waals surface area contributed by atoms with E-state index >= 15 is 0 Å². The van der Waals surface area contributed by atoms with E-state index in [1.807, 2.05) is 12.1 Å². The minimum absolute atomic E-state index is 0.265. The van der Waals surface area contributed by atoms with Crippen LogP contribution in [0.1, 0.15) is 33.6 Å². The lowest BCUT2D eigenvalue weighted by Gasteiger charge is -2.13. The molecule has 1 fully saturated rings. The fraction of sp³-hybridized carbons (Fsp3) is 0.273. The highest BCUT2D eigenvalue weighted by molar-refractivity contribution is 6.55. The summed E-state index contributed by atoms with van der Waals surface area (Å²) in [6.45, 7) is -6.12. The summed E-state index contributed by atoms with van der Waals surface area (Å²) in [6.07, 6.45) is -0.418. The molecule has 4 nitrogen and oxygen atoms in total. The number of carbonyl (C=O) groups excluding carboxylic acids is 1. The van der Waals surface area contributed by atoms with Crippen LogP contribution in [-0.4, -0.2) is 5.97 Å². The average molecular weight is 422 g/mol. The number of esters is 1. The molecule has 0 amide bonds. The van der Waals surface area contributed by atoms with Gasteiger partial charge in [-0.15, -0.1) is 0 Å². The molecule has 2 aromatic carbocycles. The number of nitriles is 1. The Hall–Kier alpha value is -2.48. The number of halogens is 2. The van der Waals surface area contributed by atoms with Crippen LogP contribution >= 0.6 is 23.2 Å². The molecular formula is C22H19Cl2NO3. The Balaban J connectivity index is 1.88. The van der Waals surface area contributed by atoms with Gasteiger partial charge in [-0.2, -0.15) is 5.26 Å². The fourth-order valence-corrected chi connectivity index (χ4v) is 3.11. The first-order valence-corrected chi connectivity index (χ1v) is 9.04. The van der Waals surface area contributed by atoms with Crippen LogP contribution in [0, 0.1) is 28.6 Å². The zero-order chi connectivity index (χ0) is 25.3. The van der Waals surface area contributed by atoms with Gasteiger partial charge in [0.05, 0.1) is 5.92 Å². The van der Waals surface area contributed by atoms with Crippen LogP contribution in [0.5, 0.6) is 11.5 Å². The van der Waals surface area contributed by atoms with Gasteiger partial charge in [-0.3, -0.25) is 4.79 Å². The van der Waals surface area contributed by atoms with Crippen LogP contribution in [0.2, 0.25) is 0 Å². The van der Waals surface area contributed by atoms with Gasteiger partial charge in [-0.05, 0) is 41.7 Å². The summed E-state index contributed by atoms with van der Waals surface area (Å²) < 4.78 is 57.7. The molecule has 1 unspecified atom stereocenters. The minimum Gasteiger partial charge on any atom is -0.457 e. The molecule has 0 N–H and O–H groups in total. The lowest BCUT2D eigenvalue weighted by atomic mass is 10.1. The molecule has 0 saturated heterocycles. The maximum absolute atomic E-state index is 13.0. The third kappa shape index (κ3) is 4.49. The van der Waals surface area contributed by atoms with E-state index in [0.717, 1.165) is 6.08 Å². The van der Waals surface area contributed by atoms with Gasteiger partial charge in [0.1, 0.15) is 22.1 Å². The van der Waals surface area contributed by atoms with Crippen molar-refractivity contribution < 1.29 is 22.5 Å². The third-order valence-corrected chi connectivity index (χ3v) is 4.57. The normalized spacial score (nSPS) is 24.5. The lowest BCUT2D eigenvalue weighted by Crippen LogP contribution is -2.14. The summed E-state index contributed by atoms with van der Waals surface area (Å²) in [4.78, 5) is 13.0. The van der Waals surface area contributed by atoms with Crippen molar-refractivity contribution in [1.82, 2.24) is 0 Å². The highest BCUT2D eigenvalue weighted by atomic mass is 35.5. The van der Waals surface area contributed by atoms with E-state index in [2.05, 4.69) is 0 Å². The molecule has 1 aliphatic rings. The Morgan fingerprint density at radius 3 is 2.57 bits per heavy atom. The van der Waals surface area contributed by atoms with E-state index in [0.29, 0.717) is 11.5 Å². The smallest absolute Gasteiger partial charge is 0.311 e. The van der Waals surface area contributed by atoms with Gasteiger partial charge >= 0.3 is 5.97 Å². The van der Waals surface area contributed by atoms with E-state index in [1.165, 1.54) is 12.1 Å². The average Bonchev–Trinajstić information content (AvgIpc) is 3.42. The van der Waals surface area contributed by atoms with Crippen molar-refractivity contribution in [3.63, 3.8) is 0 Å². The van der Waals surface area contributed by atoms with Crippen LogP contribution in [0.3, 0.4) is 0 Å². The van der Waals surface area contributed by atoms with Crippen molar-refractivity contribution in [3.05, 3.63) is 70.7 Å². The predicted octanol–water partition coefficient (Wildman–Crippen LogP) is 6.18. The SMILES string of the molecule is [2H]C([2H])([2H])C1(C([2H])([2H])[2H])[C@@H](C=C(Cl)Cl)[C@@H]1C(=O)OC(C#N)c1cccc(Oc2ccccc2)c1. The second-order valence-corrected chi connectivity index (χ2v) is 7.27. The molecule has 0 aromatic heterocycles. The third-order valence-electron chi connectivity index (χ3n) is 4.32. The van der Waals surface area contributed by atoms with Crippen LogP contribution in [0.15, 0.2) is 65.2 Å². The van der Waals surface area contributed by atoms with Crippen molar-refractivity contribution in [1.29, 1.82) is 5.26 Å². The summed E-state index contributed by atoms with van der Waals surface area (Å²) >= 11 is 11.3. The summed E-state index contributed by atoms with van der Waals surface area (Å²) in [5, 5.41) is 9.63. The standard InChI is InChI=1S/C22H19Cl2NO3/c1-22(2)17(12-19(23)24)20(22)21(26)28-18(13-25)14-7-6-10-16(11-14)27-15-8-4-3-5-9-15/h3-12,17-18,20H,1-2H3/t17-,18?,20+/m0/s1/i1D3,2D3. The quantitative estimate of drug-likeness (QED) is 0.522. The minimum atomic E-state index is -3.06. The van der Waals surface area contributed by atoms with Crippen LogP contribution in [0.25, 0.3) is 0 Å². The van der Waals surface area contributed by atoms with Crippen LogP contribution < -0.4 is 4.74 Å². The molecule has 0 bridgehead atoms. The van der Waals surface area contributed by atoms with E-state index in [1.54, 1.807) is 36.4 Å². The van der Waals surface area contributed by atoms with Gasteiger partial charge in [0.2, 0.25) is 6.10 Å². The Morgan fingerprint density at radius 1 is 1.21 bits per heavy atom. The van der Waals surface area contributed by atoms with E-state index < -0.39 is 43.0 Å². The number of allylic oxidation sites excluding steroid dienone is 1. The van der Waals surface area contributed by atoms with Gasteiger partial charge in [0, 0.05) is 13.8 Å². The van der Waals surface area contributed by atoms with Crippen LogP contribution in [0.4, 0.5) is 0 Å². The van der Waals surface area contributed by atoms with Crippen molar-refractivity contribution in [2.24, 2.45) is 17.3 Å². The molecule has 0 aliphatic heterocycles. The predicted molar refractivity (Wildman–Crippen MR) is 108 cm³/mol. The molecule has 28 heavy (non-hydrogen) atoms. The van der Waals surface area contributed by atoms with Gasteiger partial charge in [0.15, 0.2) is 0 Å². The summed E-state index contributed by atoms with van der Waals surface area (Å²) in [5.74, 6) is -3.14. The zero-order valence-corrected chi connectivity index (χ0v) is 15.9. The number of hydrogen-bond acceptors (Lipinski definition) is 4. The Labute approximate surface area is 182 Å². The topological polar surface area (TPSA) is 59.3 Å². The zero-order valence-electron chi connectivity index (χ0n) is 20.4. The van der Waals surface area contributed by atoms with E-state index in [9.17, 15) is 10.1 Å². The van der Waals surface area contributed by atoms with Gasteiger partial charge in [0.25, 0.3) is 0 Å². The summed E-state index contributed by atoms with van der Waals surface area (Å²) in [5.41, 5.74) is -2.18. The second kappa shape index (κ2) is 8.26. The molecule has 2 aromatic rings. The van der Waals surface area contributed by atoms with Crippen molar-refractivity contribution in [2.45, 2.75) is 19.8 Å². The van der Waals surface area contributed by atoms with E-state index in [4.69, 9.17) is 40.9 Å². The molecule has 144 valence electrons. The number of rotatable bonds is 6.